The van der Waals surface area contributed by atoms with E-state index in [1.165, 1.54) is 41.4 Å². The Bertz CT molecular complexity index is 1340. The summed E-state index contributed by atoms with van der Waals surface area (Å²) in [5.74, 6) is 0. The summed E-state index contributed by atoms with van der Waals surface area (Å²) in [5, 5.41) is 29.2. The molecular weight excluding hydrogens is 412 g/mol. The molecule has 5 N–H and O–H groups in total. The standard InChI is InChI=1S/C11H14N4O5.C6H6N4O/c1-11(8(18)7(17)5(2-16)20-11)15-4-14-6-9(15)12-3-13-10(6)19;1-10-3-9-5-4(6(10)11)7-2-8-5/h3-5,7-8,16-18H,2H2,1H3,(H,12,13,19);2-3H,1H3,(H,7,8)/t5-,7-,8-,11-;/m1./s1. The molecule has 5 rings (SSSR count). The lowest BCUT2D eigenvalue weighted by molar-refractivity contribution is -0.132. The number of aliphatic hydroxyl groups excluding tert-OH is 3. The van der Waals surface area contributed by atoms with E-state index in [4.69, 9.17) is 9.84 Å². The lowest BCUT2D eigenvalue weighted by Crippen LogP contribution is -2.43. The van der Waals surface area contributed by atoms with Crippen LogP contribution in [0.25, 0.3) is 22.3 Å². The third-order valence-corrected chi connectivity index (χ3v) is 5.15. The number of aryl methyl sites for hydroxylation is 1. The van der Waals surface area contributed by atoms with Gasteiger partial charge in [-0.1, -0.05) is 0 Å². The zero-order chi connectivity index (χ0) is 22.3. The molecule has 0 spiro atoms. The van der Waals surface area contributed by atoms with Crippen molar-refractivity contribution in [2.45, 2.75) is 31.0 Å². The molecule has 5 heterocycles. The summed E-state index contributed by atoms with van der Waals surface area (Å²) < 4.78 is 8.32. The number of aromatic amines is 2. The van der Waals surface area contributed by atoms with Crippen LogP contribution in [0.3, 0.4) is 0 Å². The summed E-state index contributed by atoms with van der Waals surface area (Å²) in [4.78, 5) is 43.7. The molecule has 14 heteroatoms. The van der Waals surface area contributed by atoms with Crippen molar-refractivity contribution in [2.24, 2.45) is 7.05 Å². The number of H-pyrrole nitrogens is 2. The number of nitrogens with zero attached hydrogens (tertiary/aromatic N) is 6. The molecular formula is C17H20N8O6. The predicted octanol–water partition coefficient (Wildman–Crippen LogP) is -2.44. The molecule has 0 saturated carbocycles. The van der Waals surface area contributed by atoms with Crippen LogP contribution in [0.2, 0.25) is 0 Å². The van der Waals surface area contributed by atoms with E-state index in [2.05, 4.69) is 29.9 Å². The highest BCUT2D eigenvalue weighted by Crippen LogP contribution is 2.36. The highest BCUT2D eigenvalue weighted by molar-refractivity contribution is 5.69. The van der Waals surface area contributed by atoms with Gasteiger partial charge in [0.15, 0.2) is 28.1 Å². The zero-order valence-corrected chi connectivity index (χ0v) is 16.5. The molecule has 0 aromatic carbocycles. The van der Waals surface area contributed by atoms with Gasteiger partial charge < -0.3 is 34.6 Å². The Labute approximate surface area is 172 Å². The van der Waals surface area contributed by atoms with Crippen LogP contribution in [-0.4, -0.2) is 79.3 Å². The van der Waals surface area contributed by atoms with Gasteiger partial charge in [-0.15, -0.1) is 0 Å². The highest BCUT2D eigenvalue weighted by atomic mass is 16.6. The molecule has 0 unspecified atom stereocenters. The van der Waals surface area contributed by atoms with Crippen molar-refractivity contribution in [3.63, 3.8) is 0 Å². The Morgan fingerprint density at radius 1 is 1.13 bits per heavy atom. The van der Waals surface area contributed by atoms with Crippen LogP contribution in [0.4, 0.5) is 0 Å². The van der Waals surface area contributed by atoms with Crippen LogP contribution in [-0.2, 0) is 17.5 Å². The second-order valence-corrected chi connectivity index (χ2v) is 7.11. The Morgan fingerprint density at radius 3 is 2.58 bits per heavy atom. The van der Waals surface area contributed by atoms with Crippen molar-refractivity contribution in [2.75, 3.05) is 6.61 Å². The van der Waals surface area contributed by atoms with Crippen LogP contribution in [0, 0.1) is 0 Å². The fourth-order valence-corrected chi connectivity index (χ4v) is 3.39. The topological polar surface area (TPSA) is 197 Å². The molecule has 1 fully saturated rings. The number of ether oxygens (including phenoxy) is 1. The maximum Gasteiger partial charge on any atom is 0.279 e. The molecule has 4 atom stereocenters. The molecule has 14 nitrogen and oxygen atoms in total. The van der Waals surface area contributed by atoms with Crippen LogP contribution >= 0.6 is 0 Å². The predicted molar refractivity (Wildman–Crippen MR) is 105 cm³/mol. The van der Waals surface area contributed by atoms with E-state index in [1.807, 2.05) is 0 Å². The number of imidazole rings is 2. The van der Waals surface area contributed by atoms with Gasteiger partial charge in [0.05, 0.1) is 31.9 Å². The Balaban J connectivity index is 0.000000177. The zero-order valence-electron chi connectivity index (χ0n) is 16.5. The van der Waals surface area contributed by atoms with E-state index in [0.717, 1.165) is 0 Å². The normalized spacial score (nSPS) is 25.6. The van der Waals surface area contributed by atoms with E-state index < -0.39 is 36.2 Å². The molecule has 0 aliphatic carbocycles. The Kier molecular flexibility index (Phi) is 5.14. The van der Waals surface area contributed by atoms with Crippen LogP contribution < -0.4 is 11.1 Å². The van der Waals surface area contributed by atoms with Gasteiger partial charge in [0, 0.05) is 7.05 Å². The largest absolute Gasteiger partial charge is 0.394 e. The lowest BCUT2D eigenvalue weighted by atomic mass is 10.0. The van der Waals surface area contributed by atoms with Gasteiger partial charge in [-0.2, -0.15) is 0 Å². The van der Waals surface area contributed by atoms with Crippen LogP contribution in [0.15, 0.2) is 34.9 Å². The van der Waals surface area contributed by atoms with E-state index in [1.54, 1.807) is 7.05 Å². The molecule has 1 aliphatic rings. The number of fused-ring (bicyclic) bond motifs is 2. The molecule has 31 heavy (non-hydrogen) atoms. The summed E-state index contributed by atoms with van der Waals surface area (Å²) in [7, 11) is 1.65. The first-order valence-electron chi connectivity index (χ1n) is 9.18. The fourth-order valence-electron chi connectivity index (χ4n) is 3.39. The minimum atomic E-state index is -1.37. The molecule has 1 aliphatic heterocycles. The van der Waals surface area contributed by atoms with E-state index in [0.29, 0.717) is 11.2 Å². The first kappa shape index (κ1) is 20.8. The Hall–Kier alpha value is -3.46. The van der Waals surface area contributed by atoms with E-state index >= 15 is 0 Å². The van der Waals surface area contributed by atoms with Gasteiger partial charge in [-0.25, -0.2) is 19.9 Å². The summed E-state index contributed by atoms with van der Waals surface area (Å²) in [5.41, 5.74) is -0.644. The maximum atomic E-state index is 11.6. The second-order valence-electron chi connectivity index (χ2n) is 7.11. The molecule has 4 aromatic heterocycles. The maximum absolute atomic E-state index is 11.6. The molecule has 164 valence electrons. The summed E-state index contributed by atoms with van der Waals surface area (Å²) in [6, 6.07) is 0. The highest BCUT2D eigenvalue weighted by Gasteiger charge is 2.52. The van der Waals surface area contributed by atoms with Crippen LogP contribution in [0.5, 0.6) is 0 Å². The van der Waals surface area contributed by atoms with Crippen LogP contribution in [0.1, 0.15) is 6.92 Å². The number of aliphatic hydroxyl groups is 3. The summed E-state index contributed by atoms with van der Waals surface area (Å²) in [6.07, 6.45) is 1.97. The molecule has 0 amide bonds. The second kappa shape index (κ2) is 7.66. The van der Waals surface area contributed by atoms with Gasteiger partial charge in [-0.3, -0.25) is 14.2 Å². The van der Waals surface area contributed by atoms with Crippen molar-refractivity contribution in [1.82, 2.24) is 39.0 Å². The first-order chi connectivity index (χ1) is 14.8. The number of rotatable bonds is 2. The molecule has 0 radical (unpaired) electrons. The van der Waals surface area contributed by atoms with Gasteiger partial charge in [0.25, 0.3) is 11.1 Å². The summed E-state index contributed by atoms with van der Waals surface area (Å²) in [6.45, 7) is 1.09. The van der Waals surface area contributed by atoms with Crippen molar-refractivity contribution in [3.05, 3.63) is 46.0 Å². The third kappa shape index (κ3) is 3.31. The average molecular weight is 432 g/mol. The smallest absolute Gasteiger partial charge is 0.279 e. The van der Waals surface area contributed by atoms with Crippen molar-refractivity contribution >= 4 is 22.3 Å². The number of aromatic nitrogens is 8. The third-order valence-electron chi connectivity index (χ3n) is 5.15. The average Bonchev–Trinajstić information content (AvgIpc) is 3.46. The van der Waals surface area contributed by atoms with E-state index in [-0.39, 0.29) is 16.7 Å². The van der Waals surface area contributed by atoms with Gasteiger partial charge in [-0.05, 0) is 6.92 Å². The Morgan fingerprint density at radius 2 is 1.87 bits per heavy atom. The number of hydrogen-bond donors (Lipinski definition) is 5. The van der Waals surface area contributed by atoms with Gasteiger partial charge in [0.1, 0.15) is 18.3 Å². The molecule has 0 bridgehead atoms. The molecule has 4 aromatic rings. The monoisotopic (exact) mass is 432 g/mol. The quantitative estimate of drug-likeness (QED) is 0.227. The number of nitrogens with one attached hydrogen (secondary N) is 2. The molecule has 1 saturated heterocycles. The fraction of sp³-hybridized carbons (Fsp3) is 0.412. The SMILES string of the molecule is C[C@@]1(n2cnc3c(=O)[nH]cnc32)O[C@H](CO)[C@@H](O)[C@H]1O.Cn1cnc2nc[nH]c2c1=O. The van der Waals surface area contributed by atoms with Crippen molar-refractivity contribution in [3.8, 4) is 0 Å². The minimum absolute atomic E-state index is 0.103. The summed E-state index contributed by atoms with van der Waals surface area (Å²) >= 11 is 0. The van der Waals surface area contributed by atoms with Gasteiger partial charge >= 0.3 is 0 Å². The van der Waals surface area contributed by atoms with Gasteiger partial charge in [0.2, 0.25) is 0 Å². The van der Waals surface area contributed by atoms with Crippen molar-refractivity contribution in [1.29, 1.82) is 0 Å². The minimum Gasteiger partial charge on any atom is -0.394 e. The lowest BCUT2D eigenvalue weighted by Gasteiger charge is -2.29. The number of hydrogen-bond acceptors (Lipinski definition) is 10. The first-order valence-corrected chi connectivity index (χ1v) is 9.18. The van der Waals surface area contributed by atoms with Crippen molar-refractivity contribution < 1.29 is 20.1 Å². The van der Waals surface area contributed by atoms with E-state index in [9.17, 15) is 19.8 Å².